The zero-order valence-electron chi connectivity index (χ0n) is 23.0. The molecule has 42 heavy (non-hydrogen) atoms. The number of methoxy groups -OCH3 is 1. The van der Waals surface area contributed by atoms with Crippen molar-refractivity contribution in [1.29, 1.82) is 0 Å². The molecule has 0 saturated carbocycles. The second-order valence-electron chi connectivity index (χ2n) is 9.75. The summed E-state index contributed by atoms with van der Waals surface area (Å²) < 4.78 is 11.0. The number of carbonyl (C=O) groups excluding carboxylic acids is 1. The van der Waals surface area contributed by atoms with E-state index >= 15 is 0 Å². The number of Topliss-reactive ketones (excluding diaryl/α,β-unsaturated/α-hetero) is 1. The van der Waals surface area contributed by atoms with Crippen molar-refractivity contribution >= 4 is 23.7 Å². The summed E-state index contributed by atoms with van der Waals surface area (Å²) in [6.07, 6.45) is -0.322. The number of carboxylic acids is 3. The van der Waals surface area contributed by atoms with E-state index in [9.17, 15) is 34.5 Å². The Labute approximate surface area is 242 Å². The molecule has 222 valence electrons. The number of hydrogen-bond acceptors (Lipinski definition) is 8. The Balaban J connectivity index is 2.04. The number of carboxylic acid groups (broad SMARTS) is 3. The fraction of sp³-hybridized carbons (Fsp3) is 0.290. The number of carbonyl (C=O) groups is 4. The number of aliphatic carboxylic acids is 3. The van der Waals surface area contributed by atoms with E-state index in [0.29, 0.717) is 22.6 Å². The largest absolute Gasteiger partial charge is 0.497 e. The van der Waals surface area contributed by atoms with Crippen molar-refractivity contribution in [3.05, 3.63) is 95.1 Å². The Morgan fingerprint density at radius 1 is 0.714 bits per heavy atom. The summed E-state index contributed by atoms with van der Waals surface area (Å²) in [5.74, 6) is -5.79. The first-order chi connectivity index (χ1) is 20.0. The molecule has 0 unspecified atom stereocenters. The highest BCUT2D eigenvalue weighted by Crippen LogP contribution is 2.34. The van der Waals surface area contributed by atoms with E-state index < -0.39 is 47.6 Å². The third-order valence-electron chi connectivity index (χ3n) is 6.95. The summed E-state index contributed by atoms with van der Waals surface area (Å²) in [5, 5.41) is 29.2. The zero-order chi connectivity index (χ0) is 30.8. The Hall–Kier alpha value is -4.74. The first kappa shape index (κ1) is 31.8. The fourth-order valence-electron chi connectivity index (χ4n) is 4.76. The van der Waals surface area contributed by atoms with Crippen LogP contribution < -0.4 is 20.9 Å². The van der Waals surface area contributed by atoms with Gasteiger partial charge in [0.25, 0.3) is 0 Å². The Morgan fingerprint density at radius 3 is 1.81 bits per heavy atom. The number of hydrogen-bond donors (Lipinski definition) is 5. The molecule has 0 heterocycles. The van der Waals surface area contributed by atoms with Gasteiger partial charge in [0.05, 0.1) is 19.6 Å². The van der Waals surface area contributed by atoms with Gasteiger partial charge in [-0.25, -0.2) is 0 Å². The lowest BCUT2D eigenvalue weighted by Crippen LogP contribution is -2.35. The van der Waals surface area contributed by atoms with Crippen LogP contribution in [0.2, 0.25) is 0 Å². The predicted molar refractivity (Wildman–Crippen MR) is 153 cm³/mol. The highest BCUT2D eigenvalue weighted by molar-refractivity contribution is 6.02. The van der Waals surface area contributed by atoms with Gasteiger partial charge in [0, 0.05) is 11.5 Å². The number of ether oxygens (including phenoxy) is 2. The Bertz CT molecular complexity index is 1410. The van der Waals surface area contributed by atoms with Gasteiger partial charge in [-0.15, -0.1) is 0 Å². The molecule has 11 heteroatoms. The number of nitrogens with two attached hydrogens (primary N) is 2. The van der Waals surface area contributed by atoms with Crippen molar-refractivity contribution in [3.63, 3.8) is 0 Å². The molecule has 0 bridgehead atoms. The molecule has 0 amide bonds. The van der Waals surface area contributed by atoms with E-state index in [2.05, 4.69) is 0 Å². The van der Waals surface area contributed by atoms with Crippen molar-refractivity contribution in [2.75, 3.05) is 13.7 Å². The fourth-order valence-corrected chi connectivity index (χ4v) is 4.76. The van der Waals surface area contributed by atoms with Crippen LogP contribution in [0.15, 0.2) is 72.8 Å². The normalized spacial score (nSPS) is 13.8. The summed E-state index contributed by atoms with van der Waals surface area (Å²) in [5.41, 5.74) is 12.7. The zero-order valence-corrected chi connectivity index (χ0v) is 23.0. The molecule has 11 nitrogen and oxygen atoms in total. The van der Waals surface area contributed by atoms with Crippen LogP contribution >= 0.6 is 0 Å². The van der Waals surface area contributed by atoms with E-state index in [1.165, 1.54) is 13.2 Å². The molecule has 3 aromatic carbocycles. The van der Waals surface area contributed by atoms with Crippen molar-refractivity contribution < 1.29 is 44.0 Å². The molecule has 0 fully saturated rings. The monoisotopic (exact) mass is 578 g/mol. The summed E-state index contributed by atoms with van der Waals surface area (Å²) in [4.78, 5) is 49.9. The maximum Gasteiger partial charge on any atom is 0.320 e. The molecule has 0 saturated heterocycles. The van der Waals surface area contributed by atoms with Crippen molar-refractivity contribution in [2.24, 2.45) is 17.4 Å². The summed E-state index contributed by atoms with van der Waals surface area (Å²) in [6, 6.07) is 16.9. The minimum Gasteiger partial charge on any atom is -0.497 e. The van der Waals surface area contributed by atoms with Crippen LogP contribution in [0.3, 0.4) is 0 Å². The molecule has 0 aliphatic rings. The van der Waals surface area contributed by atoms with E-state index in [1.54, 1.807) is 66.7 Å². The minimum atomic E-state index is -1.39. The molecular formula is C31H34N2O9. The standard InChI is InChI=1S/C31H34N2O9/c1-41-20-10-12-21(13-11-20)42-15-14-24(28(34)23-9-5-3-7-19(23)17-26(33)30(37)38)27(31(39)40)22-8-4-2-6-18(22)16-25(32)29(35)36/h2-13,24-27H,14-17,32-33H2,1H3,(H,35,36)(H,37,38)(H,39,40)/t24-,25-,26-,27+/m1/s1. The predicted octanol–water partition coefficient (Wildman–Crippen LogP) is 2.74. The van der Waals surface area contributed by atoms with E-state index in [1.807, 2.05) is 0 Å². The van der Waals surface area contributed by atoms with Gasteiger partial charge in [0.1, 0.15) is 23.6 Å². The molecule has 7 N–H and O–H groups in total. The van der Waals surface area contributed by atoms with Gasteiger partial charge in [-0.2, -0.15) is 0 Å². The van der Waals surface area contributed by atoms with Crippen LogP contribution in [0.1, 0.15) is 39.4 Å². The average molecular weight is 579 g/mol. The number of ketones is 1. The number of rotatable bonds is 16. The van der Waals surface area contributed by atoms with E-state index in [0.717, 1.165) is 0 Å². The van der Waals surface area contributed by atoms with Gasteiger partial charge in [-0.05, 0) is 60.2 Å². The van der Waals surface area contributed by atoms with E-state index in [-0.39, 0.29) is 37.0 Å². The third kappa shape index (κ3) is 8.15. The quantitative estimate of drug-likeness (QED) is 0.157. The molecule has 0 aromatic heterocycles. The summed E-state index contributed by atoms with van der Waals surface area (Å²) in [6.45, 7) is -0.0276. The van der Waals surface area contributed by atoms with Crippen LogP contribution in [0.4, 0.5) is 0 Å². The maximum absolute atomic E-state index is 14.2. The van der Waals surface area contributed by atoms with Crippen LogP contribution in [-0.2, 0) is 27.2 Å². The van der Waals surface area contributed by atoms with Crippen molar-refractivity contribution in [2.45, 2.75) is 37.3 Å². The van der Waals surface area contributed by atoms with Gasteiger partial charge >= 0.3 is 17.9 Å². The number of benzene rings is 3. The lowest BCUT2D eigenvalue weighted by molar-refractivity contribution is -0.140. The molecule has 3 rings (SSSR count). The second-order valence-corrected chi connectivity index (χ2v) is 9.75. The van der Waals surface area contributed by atoms with E-state index in [4.69, 9.17) is 20.9 Å². The van der Waals surface area contributed by atoms with Crippen molar-refractivity contribution in [3.8, 4) is 11.5 Å². The Kier molecular flexibility index (Phi) is 11.2. The smallest absolute Gasteiger partial charge is 0.320 e. The molecule has 0 aliphatic carbocycles. The van der Waals surface area contributed by atoms with Crippen LogP contribution in [0.5, 0.6) is 11.5 Å². The van der Waals surface area contributed by atoms with Gasteiger partial charge in [-0.3, -0.25) is 19.2 Å². The molecule has 0 radical (unpaired) electrons. The summed E-state index contributed by atoms with van der Waals surface area (Å²) in [7, 11) is 1.53. The van der Waals surface area contributed by atoms with Crippen LogP contribution in [-0.4, -0.2) is 64.8 Å². The third-order valence-corrected chi connectivity index (χ3v) is 6.95. The Morgan fingerprint density at radius 2 is 1.24 bits per heavy atom. The van der Waals surface area contributed by atoms with Gasteiger partial charge in [-0.1, -0.05) is 48.5 Å². The first-order valence-electron chi connectivity index (χ1n) is 13.2. The van der Waals surface area contributed by atoms with Crippen molar-refractivity contribution in [1.82, 2.24) is 0 Å². The molecular weight excluding hydrogens is 544 g/mol. The minimum absolute atomic E-state index is 0.0273. The maximum atomic E-state index is 14.2. The molecule has 0 spiro atoms. The average Bonchev–Trinajstić information content (AvgIpc) is 2.97. The molecule has 4 atom stereocenters. The van der Waals surface area contributed by atoms with Crippen LogP contribution in [0.25, 0.3) is 0 Å². The highest BCUT2D eigenvalue weighted by Gasteiger charge is 2.38. The van der Waals surface area contributed by atoms with Gasteiger partial charge in [0.2, 0.25) is 0 Å². The lowest BCUT2D eigenvalue weighted by Gasteiger charge is -2.27. The summed E-state index contributed by atoms with van der Waals surface area (Å²) >= 11 is 0. The lowest BCUT2D eigenvalue weighted by atomic mass is 9.76. The topological polar surface area (TPSA) is 199 Å². The highest BCUT2D eigenvalue weighted by atomic mass is 16.5. The molecule has 3 aromatic rings. The second kappa shape index (κ2) is 14.8. The molecule has 0 aliphatic heterocycles. The van der Waals surface area contributed by atoms with Crippen LogP contribution in [0, 0.1) is 5.92 Å². The van der Waals surface area contributed by atoms with Gasteiger partial charge in [0.15, 0.2) is 5.78 Å². The SMILES string of the molecule is COc1ccc(OCC[C@@H](C(=O)c2ccccc2C[C@@H](N)C(=O)O)[C@@H](C(=O)O)c2ccccc2C[C@@H](N)C(=O)O)cc1. The first-order valence-corrected chi connectivity index (χ1v) is 13.2. The van der Waals surface area contributed by atoms with Gasteiger partial charge < -0.3 is 36.3 Å².